The van der Waals surface area contributed by atoms with Crippen molar-refractivity contribution in [3.63, 3.8) is 0 Å². The molecule has 2 aliphatic rings. The molecule has 1 aromatic rings. The van der Waals surface area contributed by atoms with Gasteiger partial charge in [-0.2, -0.15) is 0 Å². The van der Waals surface area contributed by atoms with Gasteiger partial charge in [0.2, 0.25) is 0 Å². The molecule has 22 heavy (non-hydrogen) atoms. The molecule has 2 atom stereocenters. The van der Waals surface area contributed by atoms with E-state index in [4.69, 9.17) is 0 Å². The van der Waals surface area contributed by atoms with Crippen molar-refractivity contribution in [2.75, 3.05) is 13.6 Å². The Morgan fingerprint density at radius 3 is 2.50 bits per heavy atom. The number of amides is 2. The third-order valence-corrected chi connectivity index (χ3v) is 4.87. The molecule has 0 aromatic heterocycles. The lowest BCUT2D eigenvalue weighted by atomic mass is 9.98. The number of hydrogen-bond donors (Lipinski definition) is 2. The molecule has 2 fully saturated rings. The normalized spacial score (nSPS) is 20.3. The molecule has 0 heterocycles. The minimum absolute atomic E-state index is 0.0835. The molecule has 0 unspecified atom stereocenters. The van der Waals surface area contributed by atoms with Gasteiger partial charge < -0.3 is 15.3 Å². The molecule has 0 radical (unpaired) electrons. The van der Waals surface area contributed by atoms with E-state index in [2.05, 4.69) is 24.4 Å². The third kappa shape index (κ3) is 3.61. The zero-order valence-corrected chi connectivity index (χ0v) is 13.5. The Bertz CT molecular complexity index is 538. The van der Waals surface area contributed by atoms with E-state index in [9.17, 15) is 9.90 Å². The standard InChI is InChI=1S/C18H26N2O2/c1-12-5-3-4-6-15(12)17(14-9-10-14)19-18(22)20(2)11-16(21)13-7-8-13/h3-6,13-14,16-17,21H,7-11H2,1-2H3,(H,19,22)/t16-,17-/m0/s1. The topological polar surface area (TPSA) is 52.6 Å². The maximum absolute atomic E-state index is 12.5. The van der Waals surface area contributed by atoms with Crippen LogP contribution in [0.4, 0.5) is 4.79 Å². The molecular weight excluding hydrogens is 276 g/mol. The monoisotopic (exact) mass is 302 g/mol. The lowest BCUT2D eigenvalue weighted by molar-refractivity contribution is 0.112. The Balaban J connectivity index is 1.63. The summed E-state index contributed by atoms with van der Waals surface area (Å²) in [5.41, 5.74) is 2.44. The summed E-state index contributed by atoms with van der Waals surface area (Å²) in [6.07, 6.45) is 4.14. The second-order valence-electron chi connectivity index (χ2n) is 6.91. The van der Waals surface area contributed by atoms with Gasteiger partial charge in [0, 0.05) is 13.6 Å². The number of aliphatic hydroxyl groups excluding tert-OH is 1. The highest BCUT2D eigenvalue weighted by molar-refractivity contribution is 5.74. The molecule has 2 aliphatic carbocycles. The first-order chi connectivity index (χ1) is 10.6. The summed E-state index contributed by atoms with van der Waals surface area (Å²) in [7, 11) is 1.77. The average Bonchev–Trinajstić information content (AvgIpc) is 3.38. The lowest BCUT2D eigenvalue weighted by Gasteiger charge is -2.26. The average molecular weight is 302 g/mol. The predicted molar refractivity (Wildman–Crippen MR) is 86.5 cm³/mol. The number of hydrogen-bond acceptors (Lipinski definition) is 2. The second kappa shape index (κ2) is 6.29. The van der Waals surface area contributed by atoms with Crippen LogP contribution in [0.5, 0.6) is 0 Å². The van der Waals surface area contributed by atoms with E-state index in [1.54, 1.807) is 11.9 Å². The van der Waals surface area contributed by atoms with Crippen LogP contribution in [-0.4, -0.2) is 35.7 Å². The van der Waals surface area contributed by atoms with Crippen molar-refractivity contribution in [1.82, 2.24) is 10.2 Å². The summed E-state index contributed by atoms with van der Waals surface area (Å²) in [5, 5.41) is 13.2. The van der Waals surface area contributed by atoms with Crippen LogP contribution in [0.3, 0.4) is 0 Å². The van der Waals surface area contributed by atoms with Crippen molar-refractivity contribution in [2.24, 2.45) is 11.8 Å². The van der Waals surface area contributed by atoms with Gasteiger partial charge in [-0.3, -0.25) is 0 Å². The number of aryl methyl sites for hydroxylation is 1. The quantitative estimate of drug-likeness (QED) is 0.849. The summed E-state index contributed by atoms with van der Waals surface area (Å²) in [5.74, 6) is 0.942. The number of nitrogens with one attached hydrogen (secondary N) is 1. The SMILES string of the molecule is Cc1ccccc1[C@@H](NC(=O)N(C)C[C@H](O)C1CC1)C1CC1. The highest BCUT2D eigenvalue weighted by Gasteiger charge is 2.35. The van der Waals surface area contributed by atoms with Crippen molar-refractivity contribution in [2.45, 2.75) is 44.8 Å². The van der Waals surface area contributed by atoms with Gasteiger partial charge in [-0.1, -0.05) is 24.3 Å². The van der Waals surface area contributed by atoms with Gasteiger partial charge in [0.05, 0.1) is 12.1 Å². The summed E-state index contributed by atoms with van der Waals surface area (Å²) in [4.78, 5) is 14.1. The van der Waals surface area contributed by atoms with E-state index in [1.807, 2.05) is 12.1 Å². The number of carbonyl (C=O) groups excluding carboxylic acids is 1. The first kappa shape index (κ1) is 15.3. The van der Waals surface area contributed by atoms with Crippen LogP contribution in [0.2, 0.25) is 0 Å². The van der Waals surface area contributed by atoms with Crippen molar-refractivity contribution in [1.29, 1.82) is 0 Å². The van der Waals surface area contributed by atoms with E-state index >= 15 is 0 Å². The molecule has 1 aromatic carbocycles. The zero-order valence-electron chi connectivity index (χ0n) is 13.5. The zero-order chi connectivity index (χ0) is 15.7. The molecule has 120 valence electrons. The van der Waals surface area contributed by atoms with E-state index in [1.165, 1.54) is 24.0 Å². The number of rotatable bonds is 6. The fraction of sp³-hybridized carbons (Fsp3) is 0.611. The number of likely N-dealkylation sites (N-methyl/N-ethyl adjacent to an activating group) is 1. The highest BCUT2D eigenvalue weighted by atomic mass is 16.3. The molecular formula is C18H26N2O2. The molecule has 4 nitrogen and oxygen atoms in total. The van der Waals surface area contributed by atoms with Crippen LogP contribution < -0.4 is 5.32 Å². The molecule has 0 aliphatic heterocycles. The van der Waals surface area contributed by atoms with Crippen LogP contribution in [0.25, 0.3) is 0 Å². The van der Waals surface area contributed by atoms with E-state index < -0.39 is 0 Å². The first-order valence-electron chi connectivity index (χ1n) is 8.31. The molecule has 3 rings (SSSR count). The molecule has 0 spiro atoms. The van der Waals surface area contributed by atoms with Crippen LogP contribution in [0.15, 0.2) is 24.3 Å². The minimum atomic E-state index is -0.381. The molecule has 4 heteroatoms. The van der Waals surface area contributed by atoms with Crippen molar-refractivity contribution in [3.8, 4) is 0 Å². The number of aliphatic hydroxyl groups is 1. The van der Waals surface area contributed by atoms with Crippen molar-refractivity contribution >= 4 is 6.03 Å². The third-order valence-electron chi connectivity index (χ3n) is 4.87. The first-order valence-corrected chi connectivity index (χ1v) is 8.31. The maximum Gasteiger partial charge on any atom is 0.317 e. The summed E-state index contributed by atoms with van der Waals surface area (Å²) < 4.78 is 0. The number of benzene rings is 1. The highest BCUT2D eigenvalue weighted by Crippen LogP contribution is 2.42. The van der Waals surface area contributed by atoms with Gasteiger partial charge in [0.15, 0.2) is 0 Å². The predicted octanol–water partition coefficient (Wildman–Crippen LogP) is 2.86. The Hall–Kier alpha value is -1.55. The molecule has 2 amide bonds. The lowest BCUT2D eigenvalue weighted by Crippen LogP contribution is -2.43. The maximum atomic E-state index is 12.5. The molecule has 2 saturated carbocycles. The van der Waals surface area contributed by atoms with Gasteiger partial charge in [-0.05, 0) is 55.6 Å². The van der Waals surface area contributed by atoms with Crippen molar-refractivity contribution in [3.05, 3.63) is 35.4 Å². The van der Waals surface area contributed by atoms with Gasteiger partial charge >= 0.3 is 6.03 Å². The minimum Gasteiger partial charge on any atom is -0.391 e. The summed E-state index contributed by atoms with van der Waals surface area (Å²) in [6.45, 7) is 2.51. The van der Waals surface area contributed by atoms with Crippen LogP contribution in [-0.2, 0) is 0 Å². The summed E-state index contributed by atoms with van der Waals surface area (Å²) in [6, 6.07) is 8.27. The number of nitrogens with zero attached hydrogens (tertiary/aromatic N) is 1. The molecule has 0 saturated heterocycles. The van der Waals surface area contributed by atoms with Crippen LogP contribution >= 0.6 is 0 Å². The Morgan fingerprint density at radius 2 is 1.91 bits per heavy atom. The summed E-state index contributed by atoms with van der Waals surface area (Å²) >= 11 is 0. The Morgan fingerprint density at radius 1 is 1.27 bits per heavy atom. The van der Waals surface area contributed by atoms with Gasteiger partial charge in [0.25, 0.3) is 0 Å². The van der Waals surface area contributed by atoms with E-state index in [0.29, 0.717) is 18.4 Å². The fourth-order valence-electron chi connectivity index (χ4n) is 3.05. The molecule has 0 bridgehead atoms. The van der Waals surface area contributed by atoms with Gasteiger partial charge in [0.1, 0.15) is 0 Å². The van der Waals surface area contributed by atoms with Gasteiger partial charge in [-0.15, -0.1) is 0 Å². The van der Waals surface area contributed by atoms with E-state index in [0.717, 1.165) is 12.8 Å². The van der Waals surface area contributed by atoms with Crippen LogP contribution in [0.1, 0.15) is 42.9 Å². The Labute approximate surface area is 132 Å². The van der Waals surface area contributed by atoms with Crippen LogP contribution in [0, 0.1) is 18.8 Å². The largest absolute Gasteiger partial charge is 0.391 e. The smallest absolute Gasteiger partial charge is 0.317 e. The number of urea groups is 1. The second-order valence-corrected chi connectivity index (χ2v) is 6.91. The molecule has 2 N–H and O–H groups in total. The van der Waals surface area contributed by atoms with Crippen molar-refractivity contribution < 1.29 is 9.90 Å². The van der Waals surface area contributed by atoms with E-state index in [-0.39, 0.29) is 18.2 Å². The fourth-order valence-corrected chi connectivity index (χ4v) is 3.05. The Kier molecular flexibility index (Phi) is 4.39. The number of carbonyl (C=O) groups is 1. The van der Waals surface area contributed by atoms with Gasteiger partial charge in [-0.25, -0.2) is 4.79 Å².